The fourth-order valence-corrected chi connectivity index (χ4v) is 6.66. The number of H-pyrrole nitrogens is 1. The van der Waals surface area contributed by atoms with Crippen LogP contribution < -0.4 is 20.4 Å². The normalized spacial score (nSPS) is 18.3. The molecule has 0 bridgehead atoms. The summed E-state index contributed by atoms with van der Waals surface area (Å²) in [6.07, 6.45) is 4.57. The minimum Gasteiger partial charge on any atom is -0.361 e. The molecule has 1 fully saturated rings. The summed E-state index contributed by atoms with van der Waals surface area (Å²) in [4.78, 5) is 42.1. The zero-order valence-corrected chi connectivity index (χ0v) is 25.3. The molecule has 0 aliphatic carbocycles. The van der Waals surface area contributed by atoms with Crippen LogP contribution >= 0.6 is 11.6 Å². The third-order valence-electron chi connectivity index (χ3n) is 8.74. The third-order valence-corrected chi connectivity index (χ3v) is 8.97. The van der Waals surface area contributed by atoms with Gasteiger partial charge < -0.3 is 30.3 Å². The first-order valence-corrected chi connectivity index (χ1v) is 15.3. The molecule has 2 aliphatic heterocycles. The number of hydrogen-bond donors (Lipinski definition) is 3. The molecule has 10 heteroatoms. The van der Waals surface area contributed by atoms with Gasteiger partial charge in [0.25, 0.3) is 0 Å². The number of carbonyl (C=O) groups excluding carboxylic acids is 2. The highest BCUT2D eigenvalue weighted by atomic mass is 35.5. The molecule has 3 atom stereocenters. The first-order chi connectivity index (χ1) is 20.9. The summed E-state index contributed by atoms with van der Waals surface area (Å²) in [5, 5.41) is 8.15. The van der Waals surface area contributed by atoms with E-state index in [4.69, 9.17) is 11.6 Å². The SMILES string of the molecule is CNC[C@H]1Cc2cc(Cl)ccc2N(C(=O)C(NC(=O)N2CCN(c3ccccn3)CC2)C(C)c2c[nH]c3ccccc23)C1. The number of rotatable bonds is 7. The van der Waals surface area contributed by atoms with Crippen molar-refractivity contribution in [2.75, 3.05) is 56.1 Å². The van der Waals surface area contributed by atoms with Crippen molar-refractivity contribution in [2.24, 2.45) is 5.92 Å². The average Bonchev–Trinajstić information content (AvgIpc) is 3.47. The number of benzene rings is 2. The number of para-hydroxylation sites is 1. The lowest BCUT2D eigenvalue weighted by atomic mass is 9.88. The third kappa shape index (κ3) is 6.05. The van der Waals surface area contributed by atoms with Gasteiger partial charge >= 0.3 is 6.03 Å². The van der Waals surface area contributed by atoms with Crippen LogP contribution in [0, 0.1) is 5.92 Å². The largest absolute Gasteiger partial charge is 0.361 e. The first kappa shape index (κ1) is 29.0. The summed E-state index contributed by atoms with van der Waals surface area (Å²) in [5.41, 5.74) is 3.90. The number of halogens is 1. The number of anilines is 2. The molecule has 3 amide bonds. The van der Waals surface area contributed by atoms with E-state index in [1.54, 1.807) is 11.1 Å². The Kier molecular flexibility index (Phi) is 8.54. The Balaban J connectivity index is 1.28. The van der Waals surface area contributed by atoms with E-state index in [0.29, 0.717) is 37.7 Å². The fraction of sp³-hybridized carbons (Fsp3) is 0.364. The van der Waals surface area contributed by atoms with Gasteiger partial charge in [-0.05, 0) is 73.5 Å². The molecule has 3 N–H and O–H groups in total. The Morgan fingerprint density at radius 1 is 1.07 bits per heavy atom. The molecule has 4 heterocycles. The van der Waals surface area contributed by atoms with Crippen LogP contribution in [-0.4, -0.2) is 79.2 Å². The van der Waals surface area contributed by atoms with E-state index in [9.17, 15) is 9.59 Å². The van der Waals surface area contributed by atoms with Crippen LogP contribution in [0.15, 0.2) is 73.1 Å². The molecule has 0 saturated carbocycles. The van der Waals surface area contributed by atoms with Crippen molar-refractivity contribution in [3.63, 3.8) is 0 Å². The summed E-state index contributed by atoms with van der Waals surface area (Å²) >= 11 is 6.38. The summed E-state index contributed by atoms with van der Waals surface area (Å²) in [6.45, 7) is 5.78. The standard InChI is InChI=1S/C33H38ClN7O2/c1-22(27-20-37-28-8-4-3-7-26(27)28)31(38-33(43)40-15-13-39(14-16-40)30-9-5-6-12-36-30)32(42)41-21-23(19-35-2)17-24-18-25(34)10-11-29(24)41/h3-12,18,20,22-23,31,35,37H,13-17,19,21H2,1-2H3,(H,38,43)/t22?,23-,31?/m1/s1. The van der Waals surface area contributed by atoms with Crippen LogP contribution in [0.1, 0.15) is 24.0 Å². The number of hydrogen-bond acceptors (Lipinski definition) is 5. The Morgan fingerprint density at radius 2 is 1.86 bits per heavy atom. The number of urea groups is 1. The molecule has 0 spiro atoms. The number of carbonyl (C=O) groups is 2. The van der Waals surface area contributed by atoms with Gasteiger partial charge in [-0.15, -0.1) is 0 Å². The van der Waals surface area contributed by atoms with Crippen molar-refractivity contribution in [3.8, 4) is 0 Å². The average molecular weight is 600 g/mol. The second-order valence-corrected chi connectivity index (χ2v) is 12.0. The van der Waals surface area contributed by atoms with Gasteiger partial charge in [0.1, 0.15) is 11.9 Å². The molecule has 2 unspecified atom stereocenters. The lowest BCUT2D eigenvalue weighted by molar-refractivity contribution is -0.121. The molecular formula is C33H38ClN7O2. The van der Waals surface area contributed by atoms with Gasteiger partial charge in [-0.3, -0.25) is 4.79 Å². The van der Waals surface area contributed by atoms with E-state index in [0.717, 1.165) is 46.5 Å². The van der Waals surface area contributed by atoms with E-state index in [1.807, 2.05) is 79.7 Å². The summed E-state index contributed by atoms with van der Waals surface area (Å²) in [6, 6.07) is 18.6. The minimum atomic E-state index is -0.780. The van der Waals surface area contributed by atoms with Crippen molar-refractivity contribution in [2.45, 2.75) is 25.3 Å². The molecular weight excluding hydrogens is 562 g/mol. The van der Waals surface area contributed by atoms with Gasteiger partial charge in [0.15, 0.2) is 0 Å². The van der Waals surface area contributed by atoms with Crippen LogP contribution in [0.3, 0.4) is 0 Å². The molecule has 43 heavy (non-hydrogen) atoms. The molecule has 2 aromatic carbocycles. The van der Waals surface area contributed by atoms with Crippen molar-refractivity contribution >= 4 is 45.9 Å². The number of nitrogens with one attached hydrogen (secondary N) is 3. The Hall–Kier alpha value is -4.08. The van der Waals surface area contributed by atoms with E-state index < -0.39 is 6.04 Å². The van der Waals surface area contributed by atoms with Crippen LogP contribution in [0.5, 0.6) is 0 Å². The predicted octanol–water partition coefficient (Wildman–Crippen LogP) is 4.65. The smallest absolute Gasteiger partial charge is 0.318 e. The lowest BCUT2D eigenvalue weighted by Crippen LogP contribution is -2.58. The summed E-state index contributed by atoms with van der Waals surface area (Å²) in [5.74, 6) is 0.716. The molecule has 2 aliphatic rings. The fourth-order valence-electron chi connectivity index (χ4n) is 6.47. The number of fused-ring (bicyclic) bond motifs is 2. The molecule has 224 valence electrons. The van der Waals surface area contributed by atoms with Gasteiger partial charge in [0.2, 0.25) is 5.91 Å². The van der Waals surface area contributed by atoms with Crippen molar-refractivity contribution in [3.05, 3.63) is 89.2 Å². The van der Waals surface area contributed by atoms with Gasteiger partial charge in [-0.1, -0.05) is 42.8 Å². The van der Waals surface area contributed by atoms with Crippen LogP contribution in [0.25, 0.3) is 10.9 Å². The van der Waals surface area contributed by atoms with Gasteiger partial charge in [0, 0.05) is 72.6 Å². The number of pyridine rings is 1. The zero-order valence-electron chi connectivity index (χ0n) is 24.6. The molecule has 2 aromatic heterocycles. The van der Waals surface area contributed by atoms with E-state index in [1.165, 1.54) is 0 Å². The molecule has 9 nitrogen and oxygen atoms in total. The van der Waals surface area contributed by atoms with Crippen molar-refractivity contribution < 1.29 is 9.59 Å². The minimum absolute atomic E-state index is 0.123. The summed E-state index contributed by atoms with van der Waals surface area (Å²) < 4.78 is 0. The zero-order chi connectivity index (χ0) is 29.9. The quantitative estimate of drug-likeness (QED) is 0.288. The number of aromatic nitrogens is 2. The van der Waals surface area contributed by atoms with Gasteiger partial charge in [-0.2, -0.15) is 0 Å². The molecule has 0 radical (unpaired) electrons. The highest BCUT2D eigenvalue weighted by Gasteiger charge is 2.38. The van der Waals surface area contributed by atoms with Gasteiger partial charge in [0.05, 0.1) is 0 Å². The van der Waals surface area contributed by atoms with Crippen molar-refractivity contribution in [1.29, 1.82) is 0 Å². The number of aromatic amines is 1. The highest BCUT2D eigenvalue weighted by molar-refractivity contribution is 6.30. The van der Waals surface area contributed by atoms with Crippen LogP contribution in [-0.2, 0) is 11.2 Å². The molecule has 1 saturated heterocycles. The molecule has 4 aromatic rings. The second kappa shape index (κ2) is 12.7. The number of amides is 3. The summed E-state index contributed by atoms with van der Waals surface area (Å²) in [7, 11) is 1.93. The Morgan fingerprint density at radius 3 is 2.63 bits per heavy atom. The maximum Gasteiger partial charge on any atom is 0.318 e. The van der Waals surface area contributed by atoms with E-state index in [2.05, 4.69) is 31.6 Å². The monoisotopic (exact) mass is 599 g/mol. The van der Waals surface area contributed by atoms with E-state index >= 15 is 0 Å². The number of piperazine rings is 1. The second-order valence-electron chi connectivity index (χ2n) is 11.5. The topological polar surface area (TPSA) is 96.6 Å². The van der Waals surface area contributed by atoms with Gasteiger partial charge in [-0.25, -0.2) is 9.78 Å². The Bertz CT molecular complexity index is 1580. The highest BCUT2D eigenvalue weighted by Crippen LogP contribution is 2.35. The lowest BCUT2D eigenvalue weighted by Gasteiger charge is -2.39. The maximum absolute atomic E-state index is 14.6. The first-order valence-electron chi connectivity index (χ1n) is 14.9. The predicted molar refractivity (Wildman–Crippen MR) is 172 cm³/mol. The molecule has 6 rings (SSSR count). The van der Waals surface area contributed by atoms with Crippen molar-refractivity contribution in [1.82, 2.24) is 25.5 Å². The van der Waals surface area contributed by atoms with Crippen LogP contribution in [0.2, 0.25) is 5.02 Å². The Labute approximate surface area is 257 Å². The van der Waals surface area contributed by atoms with E-state index in [-0.39, 0.29) is 23.8 Å². The van der Waals surface area contributed by atoms with Crippen LogP contribution in [0.4, 0.5) is 16.3 Å². The number of nitrogens with zero attached hydrogens (tertiary/aromatic N) is 4. The maximum atomic E-state index is 14.6.